The first-order chi connectivity index (χ1) is 13.7. The quantitative estimate of drug-likeness (QED) is 0.541. The van der Waals surface area contributed by atoms with Crippen molar-refractivity contribution in [3.05, 3.63) is 18.2 Å². The Morgan fingerprint density at radius 1 is 1.14 bits per heavy atom. The van der Waals surface area contributed by atoms with Crippen molar-refractivity contribution in [1.82, 2.24) is 9.21 Å². The lowest BCUT2D eigenvalue weighted by molar-refractivity contribution is 0.0381. The van der Waals surface area contributed by atoms with Gasteiger partial charge >= 0.3 is 0 Å². The van der Waals surface area contributed by atoms with Crippen molar-refractivity contribution in [3.8, 4) is 5.75 Å². The summed E-state index contributed by atoms with van der Waals surface area (Å²) in [4.78, 5) is 2.18. The van der Waals surface area contributed by atoms with Crippen molar-refractivity contribution in [2.24, 2.45) is 0 Å². The number of methoxy groups -OCH3 is 1. The maximum atomic E-state index is 12.8. The molecule has 0 aliphatic carbocycles. The standard InChI is InChI=1S/C18H31N3O6S2/c1-4-21(5-2)29(24,25)16-7-8-18(26-3)17(15-16)19-28(22,23)14-6-9-20-10-12-27-13-11-20/h7-8,15,19H,4-6,9-14H2,1-3H3. The Morgan fingerprint density at radius 2 is 1.79 bits per heavy atom. The summed E-state index contributed by atoms with van der Waals surface area (Å²) >= 11 is 0. The molecule has 1 saturated heterocycles. The molecule has 2 rings (SSSR count). The number of anilines is 1. The van der Waals surface area contributed by atoms with E-state index in [2.05, 4.69) is 9.62 Å². The maximum absolute atomic E-state index is 12.8. The molecule has 9 nitrogen and oxygen atoms in total. The summed E-state index contributed by atoms with van der Waals surface area (Å²) in [5.74, 6) is 0.195. The number of ether oxygens (including phenoxy) is 2. The second-order valence-corrected chi connectivity index (χ2v) is 10.5. The average Bonchev–Trinajstić information content (AvgIpc) is 2.69. The fraction of sp³-hybridized carbons (Fsp3) is 0.667. The maximum Gasteiger partial charge on any atom is 0.243 e. The molecule has 0 aromatic heterocycles. The van der Waals surface area contributed by atoms with Crippen LogP contribution in [-0.4, -0.2) is 84.8 Å². The number of hydrogen-bond acceptors (Lipinski definition) is 7. The molecule has 11 heteroatoms. The highest BCUT2D eigenvalue weighted by Gasteiger charge is 2.24. The summed E-state index contributed by atoms with van der Waals surface area (Å²) in [5.41, 5.74) is 0.118. The van der Waals surface area contributed by atoms with Crippen molar-refractivity contribution in [3.63, 3.8) is 0 Å². The molecule has 1 aliphatic heterocycles. The summed E-state index contributed by atoms with van der Waals surface area (Å²) in [6, 6.07) is 4.19. The monoisotopic (exact) mass is 449 g/mol. The van der Waals surface area contributed by atoms with Crippen molar-refractivity contribution >= 4 is 25.7 Å². The van der Waals surface area contributed by atoms with Gasteiger partial charge in [0.25, 0.3) is 0 Å². The van der Waals surface area contributed by atoms with E-state index in [1.54, 1.807) is 13.8 Å². The molecule has 1 N–H and O–H groups in total. The Kier molecular flexibility index (Phi) is 8.71. The second-order valence-electron chi connectivity index (χ2n) is 6.68. The van der Waals surface area contributed by atoms with Crippen LogP contribution >= 0.6 is 0 Å². The van der Waals surface area contributed by atoms with Crippen LogP contribution in [0, 0.1) is 0 Å². The lowest BCUT2D eigenvalue weighted by Crippen LogP contribution is -2.37. The number of nitrogens with zero attached hydrogens (tertiary/aromatic N) is 2. The molecule has 0 atom stereocenters. The van der Waals surface area contributed by atoms with Crippen molar-refractivity contribution in [1.29, 1.82) is 0 Å². The Bertz CT molecular complexity index is 864. The zero-order valence-electron chi connectivity index (χ0n) is 17.3. The summed E-state index contributed by atoms with van der Waals surface area (Å²) in [7, 11) is -5.96. The first kappa shape index (κ1) is 23.9. The van der Waals surface area contributed by atoms with E-state index in [1.807, 2.05) is 0 Å². The summed E-state index contributed by atoms with van der Waals surface area (Å²) < 4.78 is 64.9. The SMILES string of the molecule is CCN(CC)S(=O)(=O)c1ccc(OC)c(NS(=O)(=O)CCCN2CCOCC2)c1. The molecule has 0 spiro atoms. The van der Waals surface area contributed by atoms with Crippen LogP contribution in [-0.2, 0) is 24.8 Å². The Labute approximate surface area is 174 Å². The largest absolute Gasteiger partial charge is 0.495 e. The van der Waals surface area contributed by atoms with Crippen LogP contribution in [0.5, 0.6) is 5.75 Å². The molecule has 1 heterocycles. The number of benzene rings is 1. The molecule has 1 fully saturated rings. The first-order valence-corrected chi connectivity index (χ1v) is 12.8. The Morgan fingerprint density at radius 3 is 2.38 bits per heavy atom. The van der Waals surface area contributed by atoms with E-state index >= 15 is 0 Å². The Balaban J connectivity index is 2.13. The predicted octanol–water partition coefficient (Wildman–Crippen LogP) is 1.19. The van der Waals surface area contributed by atoms with Crippen LogP contribution in [0.1, 0.15) is 20.3 Å². The lowest BCUT2D eigenvalue weighted by Gasteiger charge is -2.26. The third-order valence-electron chi connectivity index (χ3n) is 4.77. The zero-order chi connectivity index (χ0) is 21.5. The zero-order valence-corrected chi connectivity index (χ0v) is 18.9. The number of nitrogens with one attached hydrogen (secondary N) is 1. The predicted molar refractivity (Wildman–Crippen MR) is 112 cm³/mol. The molecule has 0 saturated carbocycles. The van der Waals surface area contributed by atoms with Crippen molar-refractivity contribution in [2.75, 3.05) is 63.5 Å². The minimum atomic E-state index is -3.71. The number of hydrogen-bond donors (Lipinski definition) is 1. The fourth-order valence-electron chi connectivity index (χ4n) is 3.16. The van der Waals surface area contributed by atoms with Gasteiger partial charge in [-0.05, 0) is 31.2 Å². The number of sulfonamides is 2. The normalized spacial score (nSPS) is 16.1. The van der Waals surface area contributed by atoms with E-state index in [0.717, 1.165) is 13.1 Å². The van der Waals surface area contributed by atoms with Crippen LogP contribution in [0.3, 0.4) is 0 Å². The van der Waals surface area contributed by atoms with Crippen molar-refractivity contribution < 1.29 is 26.3 Å². The molecule has 0 amide bonds. The van der Waals surface area contributed by atoms with E-state index in [0.29, 0.717) is 39.3 Å². The molecular formula is C18H31N3O6S2. The van der Waals surface area contributed by atoms with E-state index in [1.165, 1.54) is 29.6 Å². The van der Waals surface area contributed by atoms with Gasteiger partial charge in [-0.2, -0.15) is 4.31 Å². The van der Waals surface area contributed by atoms with Gasteiger partial charge < -0.3 is 9.47 Å². The lowest BCUT2D eigenvalue weighted by atomic mass is 10.3. The third kappa shape index (κ3) is 6.54. The van der Waals surface area contributed by atoms with Gasteiger partial charge in [0.15, 0.2) is 0 Å². The smallest absolute Gasteiger partial charge is 0.243 e. The summed E-state index contributed by atoms with van der Waals surface area (Å²) in [6.45, 7) is 7.75. The van der Waals surface area contributed by atoms with Crippen LogP contribution in [0.2, 0.25) is 0 Å². The van der Waals surface area contributed by atoms with E-state index in [9.17, 15) is 16.8 Å². The van der Waals surface area contributed by atoms with Gasteiger partial charge in [-0.15, -0.1) is 0 Å². The van der Waals surface area contributed by atoms with E-state index in [-0.39, 0.29) is 22.1 Å². The molecule has 29 heavy (non-hydrogen) atoms. The molecule has 1 aromatic rings. The van der Waals surface area contributed by atoms with Gasteiger partial charge in [-0.3, -0.25) is 9.62 Å². The highest BCUT2D eigenvalue weighted by molar-refractivity contribution is 7.92. The van der Waals surface area contributed by atoms with Crippen LogP contribution in [0.15, 0.2) is 23.1 Å². The van der Waals surface area contributed by atoms with Gasteiger partial charge in [0.2, 0.25) is 20.0 Å². The second kappa shape index (κ2) is 10.6. The minimum Gasteiger partial charge on any atom is -0.495 e. The molecule has 0 bridgehead atoms. The molecule has 0 unspecified atom stereocenters. The van der Waals surface area contributed by atoms with Gasteiger partial charge in [0.05, 0.1) is 36.7 Å². The highest BCUT2D eigenvalue weighted by Crippen LogP contribution is 2.29. The Hall–Kier alpha value is -1.40. The van der Waals surface area contributed by atoms with Gasteiger partial charge in [0, 0.05) is 26.2 Å². The number of rotatable bonds is 11. The van der Waals surface area contributed by atoms with Crippen LogP contribution < -0.4 is 9.46 Å². The van der Waals surface area contributed by atoms with Crippen LogP contribution in [0.25, 0.3) is 0 Å². The molecule has 0 radical (unpaired) electrons. The van der Waals surface area contributed by atoms with E-state index < -0.39 is 20.0 Å². The van der Waals surface area contributed by atoms with Gasteiger partial charge in [0.1, 0.15) is 5.75 Å². The highest BCUT2D eigenvalue weighted by atomic mass is 32.2. The molecular weight excluding hydrogens is 418 g/mol. The van der Waals surface area contributed by atoms with Gasteiger partial charge in [-0.25, -0.2) is 16.8 Å². The summed E-state index contributed by atoms with van der Waals surface area (Å²) in [5, 5.41) is 0. The molecule has 166 valence electrons. The van der Waals surface area contributed by atoms with Crippen molar-refractivity contribution in [2.45, 2.75) is 25.2 Å². The third-order valence-corrected chi connectivity index (χ3v) is 8.17. The first-order valence-electron chi connectivity index (χ1n) is 9.72. The molecule has 1 aliphatic rings. The fourth-order valence-corrected chi connectivity index (χ4v) is 5.75. The summed E-state index contributed by atoms with van der Waals surface area (Å²) in [6.07, 6.45) is 0.467. The average molecular weight is 450 g/mol. The van der Waals surface area contributed by atoms with Crippen LogP contribution in [0.4, 0.5) is 5.69 Å². The molecule has 1 aromatic carbocycles. The minimum absolute atomic E-state index is 0.0213. The number of morpholine rings is 1. The van der Waals surface area contributed by atoms with E-state index in [4.69, 9.17) is 9.47 Å². The topological polar surface area (TPSA) is 105 Å². The van der Waals surface area contributed by atoms with Gasteiger partial charge in [-0.1, -0.05) is 13.8 Å².